The molecule has 2 amide bonds. The fourth-order valence-corrected chi connectivity index (χ4v) is 2.24. The summed E-state index contributed by atoms with van der Waals surface area (Å²) in [5.41, 5.74) is -1.42. The third kappa shape index (κ3) is 6.88. The molecule has 0 aromatic rings. The zero-order chi connectivity index (χ0) is 18.8. The number of halogens is 2. The fraction of sp³-hybridized carbons (Fsp3) is 0.875. The Morgan fingerprint density at radius 1 is 1.12 bits per heavy atom. The van der Waals surface area contributed by atoms with Gasteiger partial charge in [-0.05, 0) is 48.0 Å². The number of carbonyl (C=O) groups is 2. The molecule has 1 aliphatic rings. The van der Waals surface area contributed by atoms with E-state index in [1.807, 2.05) is 0 Å². The Labute approximate surface area is 141 Å². The lowest BCUT2D eigenvalue weighted by molar-refractivity contribution is -0.109. The average Bonchev–Trinajstić information content (AvgIpc) is 2.31. The average molecular weight is 350 g/mol. The summed E-state index contributed by atoms with van der Waals surface area (Å²) in [5.74, 6) is -4.16. The molecule has 1 fully saturated rings. The summed E-state index contributed by atoms with van der Waals surface area (Å²) in [7, 11) is 0. The maximum absolute atomic E-state index is 14.3. The van der Waals surface area contributed by atoms with E-state index in [0.29, 0.717) is 0 Å². The van der Waals surface area contributed by atoms with Crippen LogP contribution in [0.25, 0.3) is 0 Å². The number of hydrogen-bond donors (Lipinski definition) is 1. The maximum Gasteiger partial charge on any atom is 0.410 e. The summed E-state index contributed by atoms with van der Waals surface area (Å²) in [5, 5.41) is 2.37. The first kappa shape index (κ1) is 20.4. The van der Waals surface area contributed by atoms with Crippen molar-refractivity contribution in [2.45, 2.75) is 65.1 Å². The molecule has 1 N–H and O–H groups in total. The van der Waals surface area contributed by atoms with Crippen LogP contribution in [0.5, 0.6) is 0 Å². The summed E-state index contributed by atoms with van der Waals surface area (Å²) < 4.78 is 38.7. The Bertz CT molecular complexity index is 470. The quantitative estimate of drug-likeness (QED) is 0.829. The minimum absolute atomic E-state index is 0.0715. The third-order valence-electron chi connectivity index (χ3n) is 3.29. The van der Waals surface area contributed by atoms with Crippen LogP contribution in [0.4, 0.5) is 18.4 Å². The van der Waals surface area contributed by atoms with Crippen LogP contribution in [-0.2, 0) is 9.47 Å². The zero-order valence-corrected chi connectivity index (χ0v) is 15.2. The predicted octanol–water partition coefficient (Wildman–Crippen LogP) is 3.40. The van der Waals surface area contributed by atoms with Crippen LogP contribution in [0.3, 0.4) is 0 Å². The maximum atomic E-state index is 14.3. The number of alkyl halides is 2. The van der Waals surface area contributed by atoms with Crippen molar-refractivity contribution in [3.63, 3.8) is 0 Å². The van der Waals surface area contributed by atoms with E-state index in [2.05, 4.69) is 5.32 Å². The molecule has 8 heteroatoms. The SMILES string of the molecule is CC(C)(C)OC(=O)NCC1CCN(C(=O)OC(C)(C)C)CC1(F)F. The smallest absolute Gasteiger partial charge is 0.410 e. The monoisotopic (exact) mass is 350 g/mol. The topological polar surface area (TPSA) is 67.9 Å². The Hall–Kier alpha value is -1.60. The third-order valence-corrected chi connectivity index (χ3v) is 3.29. The highest BCUT2D eigenvalue weighted by Crippen LogP contribution is 2.33. The van der Waals surface area contributed by atoms with Crippen molar-refractivity contribution in [3.8, 4) is 0 Å². The standard InChI is InChI=1S/C16H28F2N2O4/c1-14(2,3)23-12(21)19-9-11-7-8-20(10-16(11,17)18)13(22)24-15(4,5)6/h11H,7-10H2,1-6H3,(H,19,21). The molecule has 0 spiro atoms. The van der Waals surface area contributed by atoms with Gasteiger partial charge in [0.25, 0.3) is 5.92 Å². The fourth-order valence-electron chi connectivity index (χ4n) is 2.24. The van der Waals surface area contributed by atoms with Gasteiger partial charge in [-0.1, -0.05) is 0 Å². The van der Waals surface area contributed by atoms with E-state index in [1.165, 1.54) is 0 Å². The van der Waals surface area contributed by atoms with Crippen molar-refractivity contribution in [2.75, 3.05) is 19.6 Å². The van der Waals surface area contributed by atoms with Gasteiger partial charge in [0.15, 0.2) is 0 Å². The normalized spacial score (nSPS) is 21.2. The van der Waals surface area contributed by atoms with Crippen molar-refractivity contribution in [1.82, 2.24) is 10.2 Å². The van der Waals surface area contributed by atoms with Gasteiger partial charge in [-0.25, -0.2) is 18.4 Å². The lowest BCUT2D eigenvalue weighted by Crippen LogP contribution is -2.54. The van der Waals surface area contributed by atoms with E-state index in [0.717, 1.165) is 4.90 Å². The highest BCUT2D eigenvalue weighted by atomic mass is 19.3. The van der Waals surface area contributed by atoms with Gasteiger partial charge in [-0.3, -0.25) is 0 Å². The van der Waals surface area contributed by atoms with Crippen molar-refractivity contribution in [1.29, 1.82) is 0 Å². The number of nitrogens with one attached hydrogen (secondary N) is 1. The van der Waals surface area contributed by atoms with Crippen LogP contribution in [-0.4, -0.2) is 53.8 Å². The number of nitrogens with zero attached hydrogens (tertiary/aromatic N) is 1. The highest BCUT2D eigenvalue weighted by molar-refractivity contribution is 5.68. The van der Waals surface area contributed by atoms with E-state index < -0.39 is 41.8 Å². The molecule has 1 atom stereocenters. The highest BCUT2D eigenvalue weighted by Gasteiger charge is 2.46. The Morgan fingerprint density at radius 3 is 2.12 bits per heavy atom. The van der Waals surface area contributed by atoms with E-state index in [9.17, 15) is 18.4 Å². The van der Waals surface area contributed by atoms with Gasteiger partial charge in [0.1, 0.15) is 11.2 Å². The Morgan fingerprint density at radius 2 is 1.67 bits per heavy atom. The van der Waals surface area contributed by atoms with Crippen LogP contribution in [0.2, 0.25) is 0 Å². The number of alkyl carbamates (subject to hydrolysis) is 1. The molecule has 24 heavy (non-hydrogen) atoms. The second-order valence-electron chi connectivity index (χ2n) is 8.03. The lowest BCUT2D eigenvalue weighted by Gasteiger charge is -2.38. The second-order valence-corrected chi connectivity index (χ2v) is 8.03. The Balaban J connectivity index is 2.55. The largest absolute Gasteiger partial charge is 0.444 e. The summed E-state index contributed by atoms with van der Waals surface area (Å²) in [4.78, 5) is 24.5. The molecular formula is C16H28F2N2O4. The first-order valence-electron chi connectivity index (χ1n) is 8.02. The first-order valence-corrected chi connectivity index (χ1v) is 8.02. The van der Waals surface area contributed by atoms with Gasteiger partial charge in [-0.2, -0.15) is 0 Å². The number of likely N-dealkylation sites (tertiary alicyclic amines) is 1. The molecule has 1 heterocycles. The molecule has 6 nitrogen and oxygen atoms in total. The molecule has 140 valence electrons. The second kappa shape index (κ2) is 7.11. The van der Waals surface area contributed by atoms with Crippen LogP contribution in [0.15, 0.2) is 0 Å². The van der Waals surface area contributed by atoms with E-state index >= 15 is 0 Å². The van der Waals surface area contributed by atoms with Crippen LogP contribution in [0.1, 0.15) is 48.0 Å². The van der Waals surface area contributed by atoms with Crippen LogP contribution < -0.4 is 5.32 Å². The van der Waals surface area contributed by atoms with E-state index in [4.69, 9.17) is 9.47 Å². The molecule has 0 radical (unpaired) electrons. The number of amides is 2. The molecule has 1 aliphatic heterocycles. The number of rotatable bonds is 2. The van der Waals surface area contributed by atoms with Crippen LogP contribution >= 0.6 is 0 Å². The summed E-state index contributed by atoms with van der Waals surface area (Å²) in [6.07, 6.45) is -1.41. The number of hydrogen-bond acceptors (Lipinski definition) is 4. The molecule has 0 saturated carbocycles. The van der Waals surface area contributed by atoms with Gasteiger partial charge < -0.3 is 19.7 Å². The summed E-state index contributed by atoms with van der Waals surface area (Å²) in [6, 6.07) is 0. The minimum Gasteiger partial charge on any atom is -0.444 e. The Kier molecular flexibility index (Phi) is 6.05. The summed E-state index contributed by atoms with van der Waals surface area (Å²) in [6.45, 7) is 9.36. The van der Waals surface area contributed by atoms with Crippen molar-refractivity contribution >= 4 is 12.2 Å². The van der Waals surface area contributed by atoms with Gasteiger partial charge in [0.2, 0.25) is 0 Å². The van der Waals surface area contributed by atoms with Crippen molar-refractivity contribution in [2.24, 2.45) is 5.92 Å². The molecule has 0 aromatic heterocycles. The van der Waals surface area contributed by atoms with Crippen LogP contribution in [0, 0.1) is 5.92 Å². The van der Waals surface area contributed by atoms with Crippen molar-refractivity contribution in [3.05, 3.63) is 0 Å². The molecule has 1 unspecified atom stereocenters. The van der Waals surface area contributed by atoms with E-state index in [-0.39, 0.29) is 19.5 Å². The predicted molar refractivity (Wildman–Crippen MR) is 85.1 cm³/mol. The molecule has 0 aliphatic carbocycles. The zero-order valence-electron chi connectivity index (χ0n) is 15.2. The first-order chi connectivity index (χ1) is 10.7. The van der Waals surface area contributed by atoms with Gasteiger partial charge in [0.05, 0.1) is 6.54 Å². The number of carbonyl (C=O) groups excluding carboxylic acids is 2. The van der Waals surface area contributed by atoms with Gasteiger partial charge >= 0.3 is 12.2 Å². The van der Waals surface area contributed by atoms with Crippen molar-refractivity contribution < 1.29 is 27.8 Å². The molecular weight excluding hydrogens is 322 g/mol. The summed E-state index contributed by atoms with van der Waals surface area (Å²) >= 11 is 0. The molecule has 0 aromatic carbocycles. The molecule has 1 rings (SSSR count). The number of ether oxygens (including phenoxy) is 2. The minimum atomic E-state index is -3.11. The van der Waals surface area contributed by atoms with E-state index in [1.54, 1.807) is 41.5 Å². The number of piperidine rings is 1. The molecule has 0 bridgehead atoms. The lowest BCUT2D eigenvalue weighted by atomic mass is 9.93. The van der Waals surface area contributed by atoms with Gasteiger partial charge in [-0.15, -0.1) is 0 Å². The van der Waals surface area contributed by atoms with Gasteiger partial charge in [0, 0.05) is 19.0 Å². The molecule has 1 saturated heterocycles.